The van der Waals surface area contributed by atoms with Gasteiger partial charge in [0, 0.05) is 36.3 Å². The van der Waals surface area contributed by atoms with E-state index in [0.29, 0.717) is 34.8 Å². The van der Waals surface area contributed by atoms with Gasteiger partial charge in [0.2, 0.25) is 0 Å². The fourth-order valence-corrected chi connectivity index (χ4v) is 4.33. The van der Waals surface area contributed by atoms with Gasteiger partial charge >= 0.3 is 0 Å². The van der Waals surface area contributed by atoms with Crippen LogP contribution in [0.4, 0.5) is 0 Å². The number of carbonyl (C=O) groups excluding carboxylic acids is 2. The number of nitrogens with zero attached hydrogens (tertiary/aromatic N) is 2. The maximum Gasteiger partial charge on any atom is 0.274 e. The van der Waals surface area contributed by atoms with Crippen molar-refractivity contribution in [2.24, 2.45) is 0 Å². The second kappa shape index (κ2) is 9.00. The molecule has 2 heterocycles. The highest BCUT2D eigenvalue weighted by Gasteiger charge is 2.30. The summed E-state index contributed by atoms with van der Waals surface area (Å²) in [6.45, 7) is 2.89. The third-order valence-corrected chi connectivity index (χ3v) is 6.04. The highest BCUT2D eigenvalue weighted by atomic mass is 35.5. The number of hydrogen-bond acceptors (Lipinski definition) is 4. The first-order valence-electron chi connectivity index (χ1n) is 10.2. The van der Waals surface area contributed by atoms with E-state index in [4.69, 9.17) is 11.6 Å². The van der Waals surface area contributed by atoms with Crippen LogP contribution in [0.5, 0.6) is 0 Å². The minimum atomic E-state index is -0.190. The Kier molecular flexibility index (Phi) is 6.16. The molecule has 1 N–H and O–H groups in total. The van der Waals surface area contributed by atoms with E-state index in [0.717, 1.165) is 17.5 Å². The van der Waals surface area contributed by atoms with Gasteiger partial charge in [-0.1, -0.05) is 47.5 Å². The monoisotopic (exact) mass is 434 g/mol. The number of aromatic nitrogens is 1. The zero-order chi connectivity index (χ0) is 22.0. The summed E-state index contributed by atoms with van der Waals surface area (Å²) in [6.07, 6.45) is 2.33. The Morgan fingerprint density at radius 2 is 1.94 bits per heavy atom. The van der Waals surface area contributed by atoms with Crippen LogP contribution in [0.2, 0.25) is 5.02 Å². The van der Waals surface area contributed by atoms with E-state index in [9.17, 15) is 14.7 Å². The Morgan fingerprint density at radius 1 is 1.13 bits per heavy atom. The SMILES string of the molecule is Cc1cccc(C(=O)c2ccc(C3CCN(C(=O)c4ncccc4Cl)C3)c(CO)c2)c1. The molecule has 0 bridgehead atoms. The van der Waals surface area contributed by atoms with Crippen LogP contribution in [0, 0.1) is 6.92 Å². The average molecular weight is 435 g/mol. The maximum absolute atomic E-state index is 12.9. The molecular weight excluding hydrogens is 412 g/mol. The van der Waals surface area contributed by atoms with Gasteiger partial charge in [-0.05, 0) is 48.7 Å². The summed E-state index contributed by atoms with van der Waals surface area (Å²) in [5.41, 5.74) is 4.13. The molecule has 1 saturated heterocycles. The maximum atomic E-state index is 12.9. The summed E-state index contributed by atoms with van der Waals surface area (Å²) in [7, 11) is 0. The number of aliphatic hydroxyl groups excluding tert-OH is 1. The van der Waals surface area contributed by atoms with Crippen molar-refractivity contribution in [3.63, 3.8) is 0 Å². The molecule has 1 amide bonds. The Labute approximate surface area is 186 Å². The van der Waals surface area contributed by atoms with Gasteiger partial charge in [-0.25, -0.2) is 4.98 Å². The van der Waals surface area contributed by atoms with Crippen LogP contribution in [-0.4, -0.2) is 39.8 Å². The fourth-order valence-electron chi connectivity index (χ4n) is 4.13. The summed E-state index contributed by atoms with van der Waals surface area (Å²) in [5, 5.41) is 10.3. The minimum absolute atomic E-state index is 0.0713. The van der Waals surface area contributed by atoms with Gasteiger partial charge in [0.05, 0.1) is 11.6 Å². The first-order valence-corrected chi connectivity index (χ1v) is 10.6. The molecule has 0 aliphatic carbocycles. The van der Waals surface area contributed by atoms with E-state index >= 15 is 0 Å². The van der Waals surface area contributed by atoms with E-state index in [-0.39, 0.29) is 29.9 Å². The predicted octanol–water partition coefficient (Wildman–Crippen LogP) is 4.40. The quantitative estimate of drug-likeness (QED) is 0.604. The van der Waals surface area contributed by atoms with Crippen molar-refractivity contribution in [1.82, 2.24) is 9.88 Å². The summed E-state index contributed by atoms with van der Waals surface area (Å²) < 4.78 is 0. The molecule has 1 unspecified atom stereocenters. The Balaban J connectivity index is 1.54. The van der Waals surface area contributed by atoms with Gasteiger partial charge in [-0.3, -0.25) is 9.59 Å². The minimum Gasteiger partial charge on any atom is -0.392 e. The standard InChI is InChI=1S/C25H23ClN2O3/c1-16-4-2-5-17(12-16)24(30)18-7-8-21(20(13-18)15-29)19-9-11-28(14-19)25(31)23-22(26)6-3-10-27-23/h2-8,10,12-13,19,29H,9,11,14-15H2,1H3. The molecule has 0 saturated carbocycles. The van der Waals surface area contributed by atoms with Crippen molar-refractivity contribution in [3.05, 3.63) is 99.3 Å². The van der Waals surface area contributed by atoms with Crippen molar-refractivity contribution in [2.75, 3.05) is 13.1 Å². The van der Waals surface area contributed by atoms with E-state index < -0.39 is 0 Å². The first-order chi connectivity index (χ1) is 15.0. The van der Waals surface area contributed by atoms with Gasteiger partial charge in [-0.2, -0.15) is 0 Å². The second-order valence-corrected chi connectivity index (χ2v) is 8.25. The highest BCUT2D eigenvalue weighted by Crippen LogP contribution is 2.32. The van der Waals surface area contributed by atoms with Crippen molar-refractivity contribution in [1.29, 1.82) is 0 Å². The molecule has 1 aliphatic heterocycles. The third-order valence-electron chi connectivity index (χ3n) is 5.73. The molecule has 1 atom stereocenters. The normalized spacial score (nSPS) is 15.8. The Morgan fingerprint density at radius 3 is 2.68 bits per heavy atom. The number of pyridine rings is 1. The predicted molar refractivity (Wildman–Crippen MR) is 119 cm³/mol. The van der Waals surface area contributed by atoms with E-state index in [2.05, 4.69) is 4.98 Å². The van der Waals surface area contributed by atoms with Crippen LogP contribution >= 0.6 is 11.6 Å². The van der Waals surface area contributed by atoms with Crippen molar-refractivity contribution < 1.29 is 14.7 Å². The number of ketones is 1. The van der Waals surface area contributed by atoms with Crippen LogP contribution < -0.4 is 0 Å². The van der Waals surface area contributed by atoms with Crippen LogP contribution in [0.25, 0.3) is 0 Å². The number of rotatable bonds is 5. The number of carbonyl (C=O) groups is 2. The van der Waals surface area contributed by atoms with Crippen molar-refractivity contribution in [2.45, 2.75) is 25.9 Å². The molecule has 1 aliphatic rings. The summed E-state index contributed by atoms with van der Waals surface area (Å²) in [4.78, 5) is 31.5. The lowest BCUT2D eigenvalue weighted by Crippen LogP contribution is -2.29. The summed E-state index contributed by atoms with van der Waals surface area (Å²) in [5.74, 6) is -0.181. The van der Waals surface area contributed by atoms with Crippen LogP contribution in [0.15, 0.2) is 60.8 Å². The van der Waals surface area contributed by atoms with Crippen LogP contribution in [0.1, 0.15) is 55.4 Å². The highest BCUT2D eigenvalue weighted by molar-refractivity contribution is 6.33. The second-order valence-electron chi connectivity index (χ2n) is 7.84. The molecule has 1 fully saturated rings. The molecular formula is C25H23ClN2O3. The molecule has 1 aromatic heterocycles. The third kappa shape index (κ3) is 4.38. The van der Waals surface area contributed by atoms with Gasteiger partial charge in [0.15, 0.2) is 5.78 Å². The Bertz CT molecular complexity index is 1150. The lowest BCUT2D eigenvalue weighted by molar-refractivity contribution is 0.0785. The fraction of sp³-hybridized carbons (Fsp3) is 0.240. The van der Waals surface area contributed by atoms with Crippen molar-refractivity contribution >= 4 is 23.3 Å². The molecule has 2 aromatic carbocycles. The summed E-state index contributed by atoms with van der Waals surface area (Å²) >= 11 is 6.13. The van der Waals surface area contributed by atoms with Gasteiger partial charge in [-0.15, -0.1) is 0 Å². The zero-order valence-electron chi connectivity index (χ0n) is 17.2. The van der Waals surface area contributed by atoms with Crippen LogP contribution in [0.3, 0.4) is 0 Å². The number of aliphatic hydroxyl groups is 1. The van der Waals surface area contributed by atoms with E-state index in [1.165, 1.54) is 0 Å². The van der Waals surface area contributed by atoms with Crippen molar-refractivity contribution in [3.8, 4) is 0 Å². The van der Waals surface area contributed by atoms with Gasteiger partial charge in [0.1, 0.15) is 5.69 Å². The molecule has 31 heavy (non-hydrogen) atoms. The van der Waals surface area contributed by atoms with E-state index in [1.807, 2.05) is 31.2 Å². The number of aryl methyl sites for hydroxylation is 1. The molecule has 0 radical (unpaired) electrons. The molecule has 5 nitrogen and oxygen atoms in total. The molecule has 158 valence electrons. The summed E-state index contributed by atoms with van der Waals surface area (Å²) in [6, 6.07) is 16.3. The topological polar surface area (TPSA) is 70.5 Å². The smallest absolute Gasteiger partial charge is 0.274 e. The van der Waals surface area contributed by atoms with E-state index in [1.54, 1.807) is 41.4 Å². The average Bonchev–Trinajstić information content (AvgIpc) is 3.28. The zero-order valence-corrected chi connectivity index (χ0v) is 18.0. The number of halogens is 1. The van der Waals surface area contributed by atoms with Gasteiger partial charge in [0.25, 0.3) is 5.91 Å². The number of benzene rings is 2. The lowest BCUT2D eigenvalue weighted by atomic mass is 9.90. The number of amides is 1. The largest absolute Gasteiger partial charge is 0.392 e. The lowest BCUT2D eigenvalue weighted by Gasteiger charge is -2.18. The Hall–Kier alpha value is -3.02. The van der Waals surface area contributed by atoms with Crippen LogP contribution in [-0.2, 0) is 6.61 Å². The molecule has 3 aromatic rings. The molecule has 4 rings (SSSR count). The first kappa shape index (κ1) is 21.2. The number of hydrogen-bond donors (Lipinski definition) is 1. The van der Waals surface area contributed by atoms with Gasteiger partial charge < -0.3 is 10.0 Å². The number of likely N-dealkylation sites (tertiary alicyclic amines) is 1. The molecule has 0 spiro atoms. The molecule has 6 heteroatoms.